The monoisotopic (exact) mass is 409 g/mol. The molecule has 29 heavy (non-hydrogen) atoms. The second kappa shape index (κ2) is 8.98. The van der Waals surface area contributed by atoms with Gasteiger partial charge in [0.1, 0.15) is 5.75 Å². The molecule has 1 amide bonds. The second-order valence-corrected chi connectivity index (χ2v) is 6.78. The Morgan fingerprint density at radius 2 is 1.90 bits per heavy atom. The Morgan fingerprint density at radius 3 is 2.55 bits per heavy atom. The molecule has 2 aromatic rings. The highest BCUT2D eigenvalue weighted by Gasteiger charge is 2.24. The van der Waals surface area contributed by atoms with E-state index in [-0.39, 0.29) is 21.4 Å². The van der Waals surface area contributed by atoms with E-state index in [1.807, 2.05) is 24.3 Å². The van der Waals surface area contributed by atoms with Crippen molar-refractivity contribution in [1.29, 1.82) is 0 Å². The lowest BCUT2D eigenvalue weighted by Crippen LogP contribution is -2.19. The van der Waals surface area contributed by atoms with Crippen LogP contribution in [-0.4, -0.2) is 41.8 Å². The fraction of sp³-hybridized carbons (Fsp3) is 0.0500. The summed E-state index contributed by atoms with van der Waals surface area (Å²) in [4.78, 5) is 33.9. The maximum atomic E-state index is 11.7. The number of aromatic hydroxyl groups is 1. The number of carbonyl (C=O) groups excluding carboxylic acids is 3. The Labute approximate surface area is 170 Å². The van der Waals surface area contributed by atoms with E-state index in [1.54, 1.807) is 12.1 Å². The molecule has 1 saturated heterocycles. The quantitative estimate of drug-likeness (QED) is 0.258. The number of esters is 1. The zero-order valence-electron chi connectivity index (χ0n) is 15.2. The third kappa shape index (κ3) is 4.96. The summed E-state index contributed by atoms with van der Waals surface area (Å²) in [5.74, 6) is -1.14. The topological polar surface area (TPSA) is 117 Å². The maximum absolute atomic E-state index is 11.7. The Kier molecular flexibility index (Phi) is 6.20. The lowest BCUT2D eigenvalue weighted by molar-refractivity contribution is -0.135. The van der Waals surface area contributed by atoms with Gasteiger partial charge in [-0.3, -0.25) is 14.9 Å². The standard InChI is InChI=1S/C20H15N3O5S/c1-28-18(26)9-17-19(27)22-20(29-17)23-21-10-12-2-4-13(5-3-12)14-6-7-15(11-24)16(25)8-14/h2-11,25H,1H3,(H,22,23,27)/b17-9+,21-10?. The minimum Gasteiger partial charge on any atom is -0.507 e. The zero-order valence-corrected chi connectivity index (χ0v) is 16.0. The highest BCUT2D eigenvalue weighted by molar-refractivity contribution is 8.18. The molecule has 0 unspecified atom stereocenters. The number of thioether (sulfide) groups is 1. The SMILES string of the molecule is COC(=O)/C=C1/S/C(=N\N=Cc2ccc(-c3ccc(C=O)c(O)c3)cc2)NC1=O. The molecule has 0 aliphatic carbocycles. The van der Waals surface area contributed by atoms with Gasteiger partial charge < -0.3 is 9.84 Å². The van der Waals surface area contributed by atoms with Crippen molar-refractivity contribution in [1.82, 2.24) is 5.32 Å². The van der Waals surface area contributed by atoms with Crippen molar-refractivity contribution in [3.63, 3.8) is 0 Å². The molecule has 1 heterocycles. The van der Waals surface area contributed by atoms with Crippen molar-refractivity contribution in [3.05, 3.63) is 64.6 Å². The molecule has 146 valence electrons. The smallest absolute Gasteiger partial charge is 0.331 e. The van der Waals surface area contributed by atoms with Gasteiger partial charge in [0, 0.05) is 6.08 Å². The summed E-state index contributed by atoms with van der Waals surface area (Å²) in [5, 5.41) is 20.4. The number of phenolic OH excluding ortho intramolecular Hbond substituents is 1. The third-order valence-corrected chi connectivity index (χ3v) is 4.76. The van der Waals surface area contributed by atoms with Gasteiger partial charge in [-0.25, -0.2) is 4.79 Å². The van der Waals surface area contributed by atoms with Crippen molar-refractivity contribution in [2.75, 3.05) is 7.11 Å². The van der Waals surface area contributed by atoms with Gasteiger partial charge in [0.2, 0.25) is 0 Å². The number of nitrogens with zero attached hydrogens (tertiary/aromatic N) is 2. The summed E-state index contributed by atoms with van der Waals surface area (Å²) in [7, 11) is 1.23. The second-order valence-electron chi connectivity index (χ2n) is 5.75. The molecule has 1 aliphatic rings. The van der Waals surface area contributed by atoms with Gasteiger partial charge in [0.25, 0.3) is 5.91 Å². The number of hydrogen-bond acceptors (Lipinski definition) is 8. The van der Waals surface area contributed by atoms with Gasteiger partial charge in [-0.15, -0.1) is 5.10 Å². The highest BCUT2D eigenvalue weighted by Crippen LogP contribution is 2.26. The minimum absolute atomic E-state index is 0.0734. The van der Waals surface area contributed by atoms with Gasteiger partial charge in [-0.2, -0.15) is 5.10 Å². The molecule has 0 spiro atoms. The molecule has 8 nitrogen and oxygen atoms in total. The molecule has 3 rings (SSSR count). The normalized spacial score (nSPS) is 16.4. The van der Waals surface area contributed by atoms with E-state index in [2.05, 4.69) is 20.3 Å². The van der Waals surface area contributed by atoms with Crippen LogP contribution in [0.15, 0.2) is 63.6 Å². The molecular weight excluding hydrogens is 394 g/mol. The van der Waals surface area contributed by atoms with E-state index >= 15 is 0 Å². The van der Waals surface area contributed by atoms with Crippen LogP contribution in [0.5, 0.6) is 5.75 Å². The fourth-order valence-corrected chi connectivity index (χ4v) is 3.11. The van der Waals surface area contributed by atoms with Crippen LogP contribution in [0.3, 0.4) is 0 Å². The summed E-state index contributed by atoms with van der Waals surface area (Å²) < 4.78 is 4.49. The number of aldehydes is 1. The summed E-state index contributed by atoms with van der Waals surface area (Å²) in [6.07, 6.45) is 3.20. The number of hydrogen-bond donors (Lipinski definition) is 2. The average molecular weight is 409 g/mol. The molecule has 2 aromatic carbocycles. The summed E-state index contributed by atoms with van der Waals surface area (Å²) in [5.41, 5.74) is 2.63. The Balaban J connectivity index is 1.68. The molecule has 0 bridgehead atoms. The van der Waals surface area contributed by atoms with Crippen molar-refractivity contribution in [2.45, 2.75) is 0 Å². The lowest BCUT2D eigenvalue weighted by atomic mass is 10.0. The number of ether oxygens (including phenoxy) is 1. The first-order valence-electron chi connectivity index (χ1n) is 8.28. The molecule has 1 fully saturated rings. The van der Waals surface area contributed by atoms with E-state index in [0.717, 1.165) is 34.5 Å². The highest BCUT2D eigenvalue weighted by atomic mass is 32.2. The fourth-order valence-electron chi connectivity index (χ4n) is 2.37. The minimum atomic E-state index is -0.624. The largest absolute Gasteiger partial charge is 0.507 e. The van der Waals surface area contributed by atoms with Crippen LogP contribution in [0.2, 0.25) is 0 Å². The van der Waals surface area contributed by atoms with Gasteiger partial charge in [0.15, 0.2) is 11.5 Å². The van der Waals surface area contributed by atoms with Gasteiger partial charge in [0.05, 0.1) is 23.8 Å². The number of rotatable bonds is 5. The molecule has 0 radical (unpaired) electrons. The number of nitrogens with one attached hydrogen (secondary N) is 1. The van der Waals surface area contributed by atoms with Crippen molar-refractivity contribution >= 4 is 41.3 Å². The van der Waals surface area contributed by atoms with E-state index in [0.29, 0.717) is 6.29 Å². The number of amidine groups is 1. The zero-order chi connectivity index (χ0) is 20.8. The van der Waals surface area contributed by atoms with E-state index in [9.17, 15) is 19.5 Å². The van der Waals surface area contributed by atoms with E-state index < -0.39 is 11.9 Å². The van der Waals surface area contributed by atoms with Crippen molar-refractivity contribution < 1.29 is 24.2 Å². The number of amides is 1. The number of methoxy groups -OCH3 is 1. The Bertz CT molecular complexity index is 1060. The lowest BCUT2D eigenvalue weighted by Gasteiger charge is -2.04. The average Bonchev–Trinajstić information content (AvgIpc) is 3.07. The predicted octanol–water partition coefficient (Wildman–Crippen LogP) is 2.48. The molecule has 0 aromatic heterocycles. The van der Waals surface area contributed by atoms with Crippen LogP contribution >= 0.6 is 11.8 Å². The third-order valence-electron chi connectivity index (χ3n) is 3.86. The summed E-state index contributed by atoms with van der Waals surface area (Å²) in [6, 6.07) is 12.1. The van der Waals surface area contributed by atoms with Crippen LogP contribution in [0, 0.1) is 0 Å². The molecule has 9 heteroatoms. The Hall–Kier alpha value is -3.72. The molecule has 2 N–H and O–H groups in total. The maximum Gasteiger partial charge on any atom is 0.331 e. The molecule has 1 aliphatic heterocycles. The molecule has 0 atom stereocenters. The summed E-state index contributed by atoms with van der Waals surface area (Å²) >= 11 is 0.989. The van der Waals surface area contributed by atoms with E-state index in [4.69, 9.17) is 0 Å². The van der Waals surface area contributed by atoms with Gasteiger partial charge >= 0.3 is 5.97 Å². The van der Waals surface area contributed by atoms with Crippen LogP contribution in [-0.2, 0) is 14.3 Å². The Morgan fingerprint density at radius 1 is 1.17 bits per heavy atom. The van der Waals surface area contributed by atoms with Crippen molar-refractivity contribution in [2.24, 2.45) is 10.2 Å². The number of carbonyl (C=O) groups is 3. The van der Waals surface area contributed by atoms with Crippen molar-refractivity contribution in [3.8, 4) is 16.9 Å². The number of benzene rings is 2. The van der Waals surface area contributed by atoms with Gasteiger partial charge in [-0.1, -0.05) is 30.3 Å². The first kappa shape index (κ1) is 20.0. The van der Waals surface area contributed by atoms with Crippen LogP contribution in [0.4, 0.5) is 0 Å². The summed E-state index contributed by atoms with van der Waals surface area (Å²) in [6.45, 7) is 0. The van der Waals surface area contributed by atoms with E-state index in [1.165, 1.54) is 19.4 Å². The first-order chi connectivity index (χ1) is 14.0. The van der Waals surface area contributed by atoms with Crippen LogP contribution < -0.4 is 5.32 Å². The van der Waals surface area contributed by atoms with Gasteiger partial charge in [-0.05, 0) is 40.6 Å². The molecular formula is C20H15N3O5S. The first-order valence-corrected chi connectivity index (χ1v) is 9.10. The molecule has 0 saturated carbocycles. The van der Waals surface area contributed by atoms with Crippen LogP contribution in [0.1, 0.15) is 15.9 Å². The van der Waals surface area contributed by atoms with Crippen LogP contribution in [0.25, 0.3) is 11.1 Å². The predicted molar refractivity (Wildman–Crippen MR) is 110 cm³/mol. The number of phenols is 1.